The fourth-order valence-corrected chi connectivity index (χ4v) is 2.00. The molecule has 0 unspecified atom stereocenters. The molecule has 17 heavy (non-hydrogen) atoms. The Labute approximate surface area is 97.4 Å². The number of halogens is 1. The van der Waals surface area contributed by atoms with E-state index in [0.29, 0.717) is 23.1 Å². The zero-order chi connectivity index (χ0) is 11.8. The minimum absolute atomic E-state index is 0.337. The summed E-state index contributed by atoms with van der Waals surface area (Å²) in [5.41, 5.74) is 6.62. The lowest BCUT2D eigenvalue weighted by molar-refractivity contribution is 0.287. The first kappa shape index (κ1) is 10.2. The van der Waals surface area contributed by atoms with Crippen molar-refractivity contribution in [2.75, 3.05) is 5.73 Å². The minimum atomic E-state index is -0.372. The van der Waals surface area contributed by atoms with E-state index in [9.17, 15) is 4.39 Å². The molecule has 1 aliphatic carbocycles. The minimum Gasteiger partial charge on any atom is -0.399 e. The second kappa shape index (κ2) is 3.80. The normalized spacial score (nSPS) is 15.8. The summed E-state index contributed by atoms with van der Waals surface area (Å²) in [6.07, 6.45) is 3.33. The van der Waals surface area contributed by atoms with Crippen LogP contribution in [0, 0.1) is 5.82 Å². The van der Waals surface area contributed by atoms with E-state index in [-0.39, 0.29) is 5.82 Å². The molecule has 1 aromatic carbocycles. The highest BCUT2D eigenvalue weighted by molar-refractivity contribution is 5.61. The molecule has 0 bridgehead atoms. The molecule has 1 saturated carbocycles. The molecule has 1 aliphatic rings. The van der Waals surface area contributed by atoms with Crippen LogP contribution in [-0.4, -0.2) is 20.2 Å². The Balaban J connectivity index is 2.05. The zero-order valence-corrected chi connectivity index (χ0v) is 9.17. The number of nitrogens with zero attached hydrogens (tertiary/aromatic N) is 4. The van der Waals surface area contributed by atoms with E-state index in [1.807, 2.05) is 0 Å². The van der Waals surface area contributed by atoms with E-state index in [1.54, 1.807) is 10.7 Å². The maximum Gasteiger partial charge on any atom is 0.182 e. The fourth-order valence-electron chi connectivity index (χ4n) is 2.00. The summed E-state index contributed by atoms with van der Waals surface area (Å²) in [7, 11) is 0. The highest BCUT2D eigenvalue weighted by atomic mass is 19.1. The summed E-state index contributed by atoms with van der Waals surface area (Å²) >= 11 is 0. The van der Waals surface area contributed by atoms with Crippen molar-refractivity contribution in [3.05, 3.63) is 24.0 Å². The lowest BCUT2D eigenvalue weighted by Gasteiger charge is -2.25. The first-order chi connectivity index (χ1) is 8.24. The van der Waals surface area contributed by atoms with Gasteiger partial charge in [-0.05, 0) is 47.9 Å². The average molecular weight is 233 g/mol. The second-order valence-electron chi connectivity index (χ2n) is 4.31. The molecule has 2 N–H and O–H groups in total. The van der Waals surface area contributed by atoms with Gasteiger partial charge in [0, 0.05) is 11.3 Å². The van der Waals surface area contributed by atoms with Gasteiger partial charge in [-0.15, -0.1) is 5.10 Å². The van der Waals surface area contributed by atoms with Gasteiger partial charge in [-0.3, -0.25) is 0 Å². The van der Waals surface area contributed by atoms with Crippen molar-refractivity contribution in [2.45, 2.75) is 25.3 Å². The van der Waals surface area contributed by atoms with Crippen molar-refractivity contribution in [1.29, 1.82) is 0 Å². The predicted octanol–water partition coefficient (Wildman–Crippen LogP) is 1.79. The van der Waals surface area contributed by atoms with Gasteiger partial charge in [-0.2, -0.15) is 0 Å². The van der Waals surface area contributed by atoms with Crippen LogP contribution in [0.5, 0.6) is 0 Å². The Hall–Kier alpha value is -1.98. The summed E-state index contributed by atoms with van der Waals surface area (Å²) in [6.45, 7) is 0. The summed E-state index contributed by atoms with van der Waals surface area (Å²) in [5.74, 6) is 0.212. The number of benzene rings is 1. The lowest BCUT2D eigenvalue weighted by Crippen LogP contribution is -2.19. The highest BCUT2D eigenvalue weighted by Crippen LogP contribution is 2.33. The first-order valence-electron chi connectivity index (χ1n) is 5.58. The fraction of sp³-hybridized carbons (Fsp3) is 0.364. The maximum absolute atomic E-state index is 13.3. The van der Waals surface area contributed by atoms with Gasteiger partial charge in [0.15, 0.2) is 5.82 Å². The number of hydrogen-bond acceptors (Lipinski definition) is 4. The Morgan fingerprint density at radius 3 is 2.76 bits per heavy atom. The van der Waals surface area contributed by atoms with Gasteiger partial charge in [0.25, 0.3) is 0 Å². The van der Waals surface area contributed by atoms with Gasteiger partial charge in [0.2, 0.25) is 0 Å². The molecule has 0 atom stereocenters. The molecule has 0 spiro atoms. The van der Waals surface area contributed by atoms with E-state index in [1.165, 1.54) is 18.6 Å². The van der Waals surface area contributed by atoms with E-state index < -0.39 is 0 Å². The maximum atomic E-state index is 13.3. The first-order valence-corrected chi connectivity index (χ1v) is 5.58. The number of nitrogens with two attached hydrogens (primary N) is 1. The lowest BCUT2D eigenvalue weighted by atomic mass is 9.93. The molecule has 0 aliphatic heterocycles. The van der Waals surface area contributed by atoms with Crippen LogP contribution in [0.2, 0.25) is 0 Å². The van der Waals surface area contributed by atoms with E-state index >= 15 is 0 Å². The van der Waals surface area contributed by atoms with Crippen LogP contribution in [0.15, 0.2) is 18.2 Å². The van der Waals surface area contributed by atoms with Gasteiger partial charge in [0.1, 0.15) is 5.82 Å². The van der Waals surface area contributed by atoms with Gasteiger partial charge in [-0.25, -0.2) is 9.07 Å². The van der Waals surface area contributed by atoms with Crippen molar-refractivity contribution < 1.29 is 4.39 Å². The summed E-state index contributed by atoms with van der Waals surface area (Å²) in [6, 6.07) is 4.70. The third-order valence-electron chi connectivity index (χ3n) is 3.09. The molecular weight excluding hydrogens is 221 g/mol. The van der Waals surface area contributed by atoms with Gasteiger partial charge < -0.3 is 5.73 Å². The Kier molecular flexibility index (Phi) is 2.28. The molecule has 0 radical (unpaired) electrons. The van der Waals surface area contributed by atoms with Crippen LogP contribution in [0.25, 0.3) is 11.4 Å². The number of hydrogen-bond donors (Lipinski definition) is 1. The SMILES string of the molecule is Nc1cc(F)cc(-c2nnnn2C2CCC2)c1. The largest absolute Gasteiger partial charge is 0.399 e. The number of nitrogen functional groups attached to an aromatic ring is 1. The Morgan fingerprint density at radius 1 is 1.29 bits per heavy atom. The van der Waals surface area contributed by atoms with Crippen LogP contribution in [0.4, 0.5) is 10.1 Å². The molecule has 1 fully saturated rings. The van der Waals surface area contributed by atoms with Crippen LogP contribution in [0.3, 0.4) is 0 Å². The third-order valence-corrected chi connectivity index (χ3v) is 3.09. The standard InChI is InChI=1S/C11H12FN5/c12-8-4-7(5-9(13)6-8)11-14-15-16-17(11)10-2-1-3-10/h4-6,10H,1-3,13H2. The Morgan fingerprint density at radius 2 is 2.12 bits per heavy atom. The number of rotatable bonds is 2. The molecule has 2 aromatic rings. The topological polar surface area (TPSA) is 69.6 Å². The van der Waals surface area contributed by atoms with E-state index in [4.69, 9.17) is 5.73 Å². The third kappa shape index (κ3) is 1.75. The predicted molar refractivity (Wildman–Crippen MR) is 60.5 cm³/mol. The van der Waals surface area contributed by atoms with Crippen molar-refractivity contribution in [3.63, 3.8) is 0 Å². The summed E-state index contributed by atoms with van der Waals surface area (Å²) in [5, 5.41) is 11.6. The molecule has 3 rings (SSSR count). The van der Waals surface area contributed by atoms with E-state index in [2.05, 4.69) is 15.5 Å². The van der Waals surface area contributed by atoms with Crippen LogP contribution in [0.1, 0.15) is 25.3 Å². The van der Waals surface area contributed by atoms with Gasteiger partial charge >= 0.3 is 0 Å². The van der Waals surface area contributed by atoms with Crippen molar-refractivity contribution >= 4 is 5.69 Å². The van der Waals surface area contributed by atoms with Gasteiger partial charge in [-0.1, -0.05) is 0 Å². The molecule has 1 heterocycles. The van der Waals surface area contributed by atoms with E-state index in [0.717, 1.165) is 12.8 Å². The van der Waals surface area contributed by atoms with Crippen molar-refractivity contribution in [3.8, 4) is 11.4 Å². The molecule has 0 saturated heterocycles. The average Bonchev–Trinajstić information content (AvgIpc) is 2.62. The van der Waals surface area contributed by atoms with Gasteiger partial charge in [0.05, 0.1) is 6.04 Å². The monoisotopic (exact) mass is 233 g/mol. The van der Waals surface area contributed by atoms with Crippen molar-refractivity contribution in [2.24, 2.45) is 0 Å². The number of tetrazole rings is 1. The number of anilines is 1. The molecular formula is C11H12FN5. The molecule has 88 valence electrons. The molecule has 6 heteroatoms. The van der Waals surface area contributed by atoms with Crippen molar-refractivity contribution in [1.82, 2.24) is 20.2 Å². The van der Waals surface area contributed by atoms with Crippen LogP contribution >= 0.6 is 0 Å². The summed E-state index contributed by atoms with van der Waals surface area (Å²) < 4.78 is 15.1. The second-order valence-corrected chi connectivity index (χ2v) is 4.31. The number of aromatic nitrogens is 4. The Bertz CT molecular complexity index is 526. The smallest absolute Gasteiger partial charge is 0.182 e. The molecule has 1 aromatic heterocycles. The summed E-state index contributed by atoms with van der Waals surface area (Å²) in [4.78, 5) is 0. The molecule has 0 amide bonds. The molecule has 5 nitrogen and oxygen atoms in total. The highest BCUT2D eigenvalue weighted by Gasteiger charge is 2.24. The van der Waals surface area contributed by atoms with Crippen LogP contribution < -0.4 is 5.73 Å². The zero-order valence-electron chi connectivity index (χ0n) is 9.17. The van der Waals surface area contributed by atoms with Crippen LogP contribution in [-0.2, 0) is 0 Å². The quantitative estimate of drug-likeness (QED) is 0.803.